The minimum atomic E-state index is -0.132. The monoisotopic (exact) mass is 910 g/mol. The van der Waals surface area contributed by atoms with Gasteiger partial charge in [0.1, 0.15) is 0 Å². The van der Waals surface area contributed by atoms with E-state index >= 15 is 0 Å². The van der Waals surface area contributed by atoms with Gasteiger partial charge >= 0.3 is 0 Å². The number of fused-ring (bicyclic) bond motifs is 15. The van der Waals surface area contributed by atoms with E-state index in [9.17, 15) is 0 Å². The second-order valence-corrected chi connectivity index (χ2v) is 24.6. The summed E-state index contributed by atoms with van der Waals surface area (Å²) in [5.41, 5.74) is 27.8. The van der Waals surface area contributed by atoms with Gasteiger partial charge in [0.05, 0.1) is 0 Å². The summed E-state index contributed by atoms with van der Waals surface area (Å²) in [6.45, 7) is 19.8. The molecule has 2 heterocycles. The van der Waals surface area contributed by atoms with E-state index in [0.717, 1.165) is 0 Å². The number of allylic oxidation sites excluding steroid dienone is 4. The molecule has 0 nitrogen and oxygen atoms in total. The van der Waals surface area contributed by atoms with Gasteiger partial charge < -0.3 is 0 Å². The van der Waals surface area contributed by atoms with Crippen LogP contribution >= 0.6 is 22.7 Å². The molecule has 5 aliphatic carbocycles. The van der Waals surface area contributed by atoms with Gasteiger partial charge in [0.25, 0.3) is 0 Å². The molecule has 0 fully saturated rings. The fourth-order valence-corrected chi connectivity index (χ4v) is 16.4. The molecule has 0 saturated heterocycles. The van der Waals surface area contributed by atoms with Gasteiger partial charge in [0, 0.05) is 41.3 Å². The zero-order chi connectivity index (χ0) is 46.2. The van der Waals surface area contributed by atoms with Crippen LogP contribution in [0.1, 0.15) is 111 Å². The van der Waals surface area contributed by atoms with Crippen LogP contribution in [0, 0.1) is 5.92 Å². The average Bonchev–Trinajstić information content (AvgIpc) is 4.14. The lowest BCUT2D eigenvalue weighted by Gasteiger charge is -2.34. The fraction of sp³-hybridized carbons (Fsp3) is 0.212. The summed E-state index contributed by atoms with van der Waals surface area (Å²) in [6, 6.07) is 58.0. The van der Waals surface area contributed by atoms with Crippen LogP contribution in [-0.2, 0) is 21.7 Å². The van der Waals surface area contributed by atoms with Crippen LogP contribution in [0.15, 0.2) is 170 Å². The molecule has 330 valence electrons. The Balaban J connectivity index is 0.765. The lowest BCUT2D eigenvalue weighted by atomic mass is 9.69. The predicted molar refractivity (Wildman–Crippen MR) is 292 cm³/mol. The first-order valence-corrected chi connectivity index (χ1v) is 26.2. The van der Waals surface area contributed by atoms with Crippen molar-refractivity contribution in [1.29, 1.82) is 0 Å². The Morgan fingerprint density at radius 3 is 1.34 bits per heavy atom. The van der Waals surface area contributed by atoms with E-state index in [4.69, 9.17) is 0 Å². The van der Waals surface area contributed by atoms with Crippen molar-refractivity contribution in [2.75, 3.05) is 0 Å². The molecule has 0 aliphatic heterocycles. The summed E-state index contributed by atoms with van der Waals surface area (Å²) in [5.74, 6) is 0.775. The zero-order valence-electron chi connectivity index (χ0n) is 40.1. The van der Waals surface area contributed by atoms with Crippen molar-refractivity contribution in [3.63, 3.8) is 0 Å². The molecule has 68 heavy (non-hydrogen) atoms. The van der Waals surface area contributed by atoms with Gasteiger partial charge in [-0.2, -0.15) is 0 Å². The average molecular weight is 911 g/mol. The van der Waals surface area contributed by atoms with E-state index < -0.39 is 0 Å². The predicted octanol–water partition coefficient (Wildman–Crippen LogP) is 18.5. The van der Waals surface area contributed by atoms with Gasteiger partial charge in [-0.1, -0.05) is 195 Å². The van der Waals surface area contributed by atoms with Crippen molar-refractivity contribution in [3.8, 4) is 66.1 Å². The van der Waals surface area contributed by atoms with Crippen molar-refractivity contribution in [2.24, 2.45) is 5.92 Å². The Kier molecular flexibility index (Phi) is 8.19. The van der Waals surface area contributed by atoms with Crippen LogP contribution in [0.2, 0.25) is 0 Å². The molecule has 5 aliphatic rings. The Hall–Kier alpha value is -6.32. The molecule has 0 spiro atoms. The molecule has 2 aromatic heterocycles. The highest BCUT2D eigenvalue weighted by molar-refractivity contribution is 7.30. The molecule has 0 amide bonds. The lowest BCUT2D eigenvalue weighted by molar-refractivity contribution is 0.391. The molecule has 0 saturated carbocycles. The Bertz CT molecular complexity index is 3690. The van der Waals surface area contributed by atoms with Gasteiger partial charge in [-0.25, -0.2) is 0 Å². The van der Waals surface area contributed by atoms with Gasteiger partial charge in [0.2, 0.25) is 0 Å². The van der Waals surface area contributed by atoms with Gasteiger partial charge in [-0.05, 0) is 153 Å². The highest BCUT2D eigenvalue weighted by atomic mass is 32.1. The first kappa shape index (κ1) is 40.7. The highest BCUT2D eigenvalue weighted by Gasteiger charge is 2.51. The number of hydrogen-bond donors (Lipinski definition) is 0. The minimum absolute atomic E-state index is 0.0164. The maximum absolute atomic E-state index is 2.63. The van der Waals surface area contributed by atoms with Gasteiger partial charge in [-0.15, -0.1) is 22.7 Å². The standard InChI is InChI=1S/C66H54S2/c1-63(2)51-31-39(37-15-11-9-12-16-37)19-23-43(51)47-27-29-49-45-25-21-41(33-53(45)65(5,6)61(49)59(47)63)55-35-57-58(67-55)36-56(68-57)42-22-26-46-50-30-28-48-44-24-20-40(38-17-13-10-14-18-38)32-52(44)64(3,4)60(48)62(50)66(7,8)54(46)34-42/h9-36,45,53H,1-8H3. The highest BCUT2D eigenvalue weighted by Crippen LogP contribution is 2.63. The summed E-state index contributed by atoms with van der Waals surface area (Å²) < 4.78 is 2.76. The maximum atomic E-state index is 2.63. The summed E-state index contributed by atoms with van der Waals surface area (Å²) in [7, 11) is 0. The molecule has 9 aromatic rings. The second kappa shape index (κ2) is 13.7. The van der Waals surface area contributed by atoms with E-state index in [-0.39, 0.29) is 21.7 Å². The minimum Gasteiger partial charge on any atom is -0.134 e. The van der Waals surface area contributed by atoms with Crippen LogP contribution in [0.25, 0.3) is 81.0 Å². The van der Waals surface area contributed by atoms with E-state index in [1.807, 2.05) is 22.7 Å². The van der Waals surface area contributed by atoms with Gasteiger partial charge in [-0.3, -0.25) is 0 Å². The maximum Gasteiger partial charge on any atom is 0.0463 e. The first-order chi connectivity index (χ1) is 32.7. The topological polar surface area (TPSA) is 0 Å². The van der Waals surface area contributed by atoms with Crippen LogP contribution in [-0.4, -0.2) is 0 Å². The van der Waals surface area contributed by atoms with Crippen LogP contribution in [0.4, 0.5) is 0 Å². The third kappa shape index (κ3) is 5.37. The number of benzene rings is 7. The SMILES string of the molecule is CC1(C)c2cc(-c3ccccc3)ccc2-c2ccc3c(c21)C(C)(C)c1cc(-c2cc4sc(C5=CC6C(C=C5)c5ccc7c(c5C6(C)C)C(C)(C)c5cc(-c6ccccc6)ccc5-7)cc4s2)ccc1-3. The van der Waals surface area contributed by atoms with Crippen LogP contribution < -0.4 is 0 Å². The molecule has 14 rings (SSSR count). The first-order valence-electron chi connectivity index (χ1n) is 24.6. The lowest BCUT2D eigenvalue weighted by Crippen LogP contribution is -2.28. The van der Waals surface area contributed by atoms with E-state index in [1.165, 1.54) is 125 Å². The molecular formula is C66H54S2. The van der Waals surface area contributed by atoms with E-state index in [2.05, 4.69) is 225 Å². The molecule has 7 aromatic carbocycles. The third-order valence-corrected chi connectivity index (χ3v) is 19.7. The smallest absolute Gasteiger partial charge is 0.0463 e. The van der Waals surface area contributed by atoms with E-state index in [1.54, 1.807) is 5.56 Å². The summed E-state index contributed by atoms with van der Waals surface area (Å²) in [5, 5.41) is 0. The summed E-state index contributed by atoms with van der Waals surface area (Å²) in [6.07, 6.45) is 7.60. The number of rotatable bonds is 4. The fourth-order valence-electron chi connectivity index (χ4n) is 14.0. The van der Waals surface area contributed by atoms with Crippen molar-refractivity contribution >= 4 is 37.6 Å². The van der Waals surface area contributed by atoms with Crippen molar-refractivity contribution in [2.45, 2.75) is 83.0 Å². The van der Waals surface area contributed by atoms with Crippen molar-refractivity contribution in [3.05, 3.63) is 219 Å². The van der Waals surface area contributed by atoms with Crippen molar-refractivity contribution < 1.29 is 0 Å². The summed E-state index contributed by atoms with van der Waals surface area (Å²) in [4.78, 5) is 2.73. The summed E-state index contributed by atoms with van der Waals surface area (Å²) >= 11 is 3.91. The molecule has 0 radical (unpaired) electrons. The molecule has 0 bridgehead atoms. The van der Waals surface area contributed by atoms with Crippen LogP contribution in [0.5, 0.6) is 0 Å². The zero-order valence-corrected chi connectivity index (χ0v) is 41.8. The molecule has 0 N–H and O–H groups in total. The number of thiophene rings is 2. The Labute approximate surface area is 409 Å². The van der Waals surface area contributed by atoms with Crippen molar-refractivity contribution in [1.82, 2.24) is 0 Å². The Morgan fingerprint density at radius 1 is 0.382 bits per heavy atom. The van der Waals surface area contributed by atoms with E-state index in [0.29, 0.717) is 11.8 Å². The number of hydrogen-bond acceptors (Lipinski definition) is 2. The molecule has 2 unspecified atom stereocenters. The largest absolute Gasteiger partial charge is 0.134 e. The van der Waals surface area contributed by atoms with Crippen LogP contribution in [0.3, 0.4) is 0 Å². The molecular weight excluding hydrogens is 857 g/mol. The Morgan fingerprint density at radius 2 is 0.809 bits per heavy atom. The molecule has 2 heteroatoms. The van der Waals surface area contributed by atoms with Gasteiger partial charge in [0.15, 0.2) is 0 Å². The normalized spacial score (nSPS) is 19.7. The third-order valence-electron chi connectivity index (χ3n) is 17.3. The quantitative estimate of drug-likeness (QED) is 0.165. The second-order valence-electron chi connectivity index (χ2n) is 22.5. The molecule has 2 atom stereocenters.